The van der Waals surface area contributed by atoms with Crippen LogP contribution in [0, 0.1) is 6.92 Å². The molecular formula is C11H17N5O2S. The Morgan fingerprint density at radius 2 is 2.21 bits per heavy atom. The number of nitrogens with zero attached hydrogens (tertiary/aromatic N) is 4. The summed E-state index contributed by atoms with van der Waals surface area (Å²) in [6.45, 7) is 5.05. The van der Waals surface area contributed by atoms with Crippen molar-refractivity contribution in [3.8, 4) is 0 Å². The lowest BCUT2D eigenvalue weighted by Gasteiger charge is -2.34. The van der Waals surface area contributed by atoms with Crippen molar-refractivity contribution in [2.24, 2.45) is 10.9 Å². The number of hydrogen-bond acceptors (Lipinski definition) is 6. The second-order valence-electron chi connectivity index (χ2n) is 4.40. The summed E-state index contributed by atoms with van der Waals surface area (Å²) in [4.78, 5) is 20.8. The SMILES string of the molecule is Cc1ncc(C(=O)N2CCN(C/C(N)=N/O)CC2)s1. The van der Waals surface area contributed by atoms with Gasteiger partial charge in [0.05, 0.1) is 17.7 Å². The van der Waals surface area contributed by atoms with E-state index in [1.54, 1.807) is 6.20 Å². The Hall–Kier alpha value is -1.67. The minimum atomic E-state index is 0.0362. The van der Waals surface area contributed by atoms with Crippen LogP contribution < -0.4 is 5.73 Å². The highest BCUT2D eigenvalue weighted by Gasteiger charge is 2.23. The summed E-state index contributed by atoms with van der Waals surface area (Å²) in [6.07, 6.45) is 1.63. The summed E-state index contributed by atoms with van der Waals surface area (Å²) in [5, 5.41) is 12.4. The predicted octanol–water partition coefficient (Wildman–Crippen LogP) is -0.0443. The fourth-order valence-corrected chi connectivity index (χ4v) is 2.73. The summed E-state index contributed by atoms with van der Waals surface area (Å²) in [5.74, 6) is 0.229. The number of piperazine rings is 1. The molecule has 2 heterocycles. The van der Waals surface area contributed by atoms with Crippen LogP contribution in [-0.4, -0.2) is 64.5 Å². The standard InChI is InChI=1S/C11H17N5O2S/c1-8-13-6-9(19-8)11(17)16-4-2-15(3-5-16)7-10(12)14-18/h6,18H,2-5,7H2,1H3,(H2,12,14). The van der Waals surface area contributed by atoms with Crippen LogP contribution in [0.5, 0.6) is 0 Å². The number of aromatic nitrogens is 1. The molecule has 0 aromatic carbocycles. The molecule has 0 unspecified atom stereocenters. The third-order valence-corrected chi connectivity index (χ3v) is 3.91. The highest BCUT2D eigenvalue weighted by molar-refractivity contribution is 7.13. The molecule has 1 aliphatic heterocycles. The number of carbonyl (C=O) groups excluding carboxylic acids is 1. The third-order valence-electron chi connectivity index (χ3n) is 3.01. The molecule has 1 aromatic heterocycles. The molecule has 0 radical (unpaired) electrons. The number of rotatable bonds is 3. The molecule has 8 heteroatoms. The molecule has 104 valence electrons. The molecule has 0 spiro atoms. The molecule has 0 bridgehead atoms. The monoisotopic (exact) mass is 283 g/mol. The van der Waals surface area contributed by atoms with Gasteiger partial charge in [-0.3, -0.25) is 9.69 Å². The second-order valence-corrected chi connectivity index (χ2v) is 5.64. The van der Waals surface area contributed by atoms with Crippen molar-refractivity contribution in [1.82, 2.24) is 14.8 Å². The van der Waals surface area contributed by atoms with Gasteiger partial charge in [0, 0.05) is 26.2 Å². The van der Waals surface area contributed by atoms with E-state index in [2.05, 4.69) is 15.0 Å². The Bertz CT molecular complexity index is 479. The van der Waals surface area contributed by atoms with Gasteiger partial charge in [-0.25, -0.2) is 4.98 Å². The molecular weight excluding hydrogens is 266 g/mol. The van der Waals surface area contributed by atoms with Gasteiger partial charge in [0.25, 0.3) is 5.91 Å². The first-order valence-corrected chi connectivity index (χ1v) is 6.82. The molecule has 1 fully saturated rings. The number of aryl methyl sites for hydroxylation is 1. The Balaban J connectivity index is 1.88. The van der Waals surface area contributed by atoms with Crippen LogP contribution in [0.1, 0.15) is 14.7 Å². The van der Waals surface area contributed by atoms with Crippen LogP contribution >= 0.6 is 11.3 Å². The van der Waals surface area contributed by atoms with Crippen molar-refractivity contribution in [2.45, 2.75) is 6.92 Å². The molecule has 0 aliphatic carbocycles. The lowest BCUT2D eigenvalue weighted by atomic mass is 10.3. The van der Waals surface area contributed by atoms with E-state index in [1.807, 2.05) is 11.8 Å². The van der Waals surface area contributed by atoms with Gasteiger partial charge in [-0.2, -0.15) is 0 Å². The van der Waals surface area contributed by atoms with Crippen LogP contribution in [0.15, 0.2) is 11.4 Å². The number of thiazole rings is 1. The highest BCUT2D eigenvalue weighted by Crippen LogP contribution is 2.15. The molecule has 1 aliphatic rings. The van der Waals surface area contributed by atoms with Crippen LogP contribution in [0.2, 0.25) is 0 Å². The Kier molecular flexibility index (Phi) is 4.33. The Labute approximate surface area is 115 Å². The second kappa shape index (κ2) is 5.98. The predicted molar refractivity (Wildman–Crippen MR) is 72.6 cm³/mol. The van der Waals surface area contributed by atoms with Crippen LogP contribution in [0.4, 0.5) is 0 Å². The first-order chi connectivity index (χ1) is 9.10. The molecule has 7 nitrogen and oxygen atoms in total. The molecule has 1 saturated heterocycles. The van der Waals surface area contributed by atoms with Gasteiger partial charge in [0.1, 0.15) is 4.88 Å². The molecule has 1 aromatic rings. The average Bonchev–Trinajstić information content (AvgIpc) is 2.85. The zero-order chi connectivity index (χ0) is 13.8. The first kappa shape index (κ1) is 13.8. The largest absolute Gasteiger partial charge is 0.409 e. The number of carbonyl (C=O) groups is 1. The molecule has 1 amide bonds. The van der Waals surface area contributed by atoms with E-state index in [9.17, 15) is 4.79 Å². The maximum absolute atomic E-state index is 12.2. The number of amides is 1. The molecule has 0 atom stereocenters. The number of hydrogen-bond donors (Lipinski definition) is 2. The van der Waals surface area contributed by atoms with E-state index in [1.165, 1.54) is 11.3 Å². The fourth-order valence-electron chi connectivity index (χ4n) is 1.99. The van der Waals surface area contributed by atoms with E-state index in [-0.39, 0.29) is 11.7 Å². The normalized spacial score (nSPS) is 17.7. The molecule has 3 N–H and O–H groups in total. The van der Waals surface area contributed by atoms with Crippen LogP contribution in [0.25, 0.3) is 0 Å². The summed E-state index contributed by atoms with van der Waals surface area (Å²) in [7, 11) is 0. The van der Waals surface area contributed by atoms with E-state index < -0.39 is 0 Å². The maximum atomic E-state index is 12.2. The smallest absolute Gasteiger partial charge is 0.265 e. The zero-order valence-corrected chi connectivity index (χ0v) is 11.6. The summed E-state index contributed by atoms with van der Waals surface area (Å²) >= 11 is 1.42. The van der Waals surface area contributed by atoms with Crippen molar-refractivity contribution >= 4 is 23.1 Å². The van der Waals surface area contributed by atoms with Gasteiger partial charge in [0.15, 0.2) is 5.84 Å². The van der Waals surface area contributed by atoms with Gasteiger partial charge in [-0.05, 0) is 6.92 Å². The number of nitrogens with two attached hydrogens (primary N) is 1. The van der Waals surface area contributed by atoms with Gasteiger partial charge >= 0.3 is 0 Å². The van der Waals surface area contributed by atoms with Gasteiger partial charge in [-0.15, -0.1) is 11.3 Å². The summed E-state index contributed by atoms with van der Waals surface area (Å²) in [5.41, 5.74) is 5.46. The van der Waals surface area contributed by atoms with Crippen LogP contribution in [0.3, 0.4) is 0 Å². The fraction of sp³-hybridized carbons (Fsp3) is 0.545. The van der Waals surface area contributed by atoms with Gasteiger partial charge < -0.3 is 15.8 Å². The van der Waals surface area contributed by atoms with E-state index in [0.717, 1.165) is 18.1 Å². The minimum absolute atomic E-state index is 0.0362. The third kappa shape index (κ3) is 3.42. The van der Waals surface area contributed by atoms with Crippen molar-refractivity contribution in [2.75, 3.05) is 32.7 Å². The topological polar surface area (TPSA) is 95.1 Å². The summed E-state index contributed by atoms with van der Waals surface area (Å²) < 4.78 is 0. The maximum Gasteiger partial charge on any atom is 0.265 e. The molecule has 19 heavy (non-hydrogen) atoms. The van der Waals surface area contributed by atoms with Crippen molar-refractivity contribution in [1.29, 1.82) is 0 Å². The number of oxime groups is 1. The minimum Gasteiger partial charge on any atom is -0.409 e. The Morgan fingerprint density at radius 3 is 2.74 bits per heavy atom. The molecule has 0 saturated carbocycles. The average molecular weight is 283 g/mol. The Morgan fingerprint density at radius 1 is 1.53 bits per heavy atom. The molecule has 2 rings (SSSR count). The van der Waals surface area contributed by atoms with Gasteiger partial charge in [-0.1, -0.05) is 5.16 Å². The van der Waals surface area contributed by atoms with Gasteiger partial charge in [0.2, 0.25) is 0 Å². The zero-order valence-electron chi connectivity index (χ0n) is 10.7. The summed E-state index contributed by atoms with van der Waals surface area (Å²) in [6, 6.07) is 0. The lowest BCUT2D eigenvalue weighted by molar-refractivity contribution is 0.0658. The number of amidine groups is 1. The van der Waals surface area contributed by atoms with Crippen molar-refractivity contribution < 1.29 is 10.0 Å². The van der Waals surface area contributed by atoms with Crippen molar-refractivity contribution in [3.05, 3.63) is 16.1 Å². The quantitative estimate of drug-likeness (QED) is 0.351. The highest BCUT2D eigenvalue weighted by atomic mass is 32.1. The lowest BCUT2D eigenvalue weighted by Crippen LogP contribution is -2.50. The van der Waals surface area contributed by atoms with E-state index in [0.29, 0.717) is 24.5 Å². The van der Waals surface area contributed by atoms with E-state index in [4.69, 9.17) is 10.9 Å². The first-order valence-electron chi connectivity index (χ1n) is 6.00. The van der Waals surface area contributed by atoms with E-state index >= 15 is 0 Å². The van der Waals surface area contributed by atoms with Crippen LogP contribution in [-0.2, 0) is 0 Å². The van der Waals surface area contributed by atoms with Crippen molar-refractivity contribution in [3.63, 3.8) is 0 Å².